The number of hydrogen-bond donors (Lipinski definition) is 1. The zero-order valence-electron chi connectivity index (χ0n) is 8.42. The van der Waals surface area contributed by atoms with Crippen LogP contribution in [0.5, 0.6) is 0 Å². The van der Waals surface area contributed by atoms with E-state index >= 15 is 0 Å². The van der Waals surface area contributed by atoms with Crippen molar-refractivity contribution < 1.29 is 18.1 Å². The van der Waals surface area contributed by atoms with Crippen LogP contribution in [0.15, 0.2) is 18.2 Å². The lowest BCUT2D eigenvalue weighted by atomic mass is 10.2. The Morgan fingerprint density at radius 1 is 1.41 bits per heavy atom. The molecule has 0 bridgehead atoms. The van der Waals surface area contributed by atoms with Crippen LogP contribution in [0.4, 0.5) is 18.9 Å². The number of benzene rings is 1. The highest BCUT2D eigenvalue weighted by atomic mass is 35.5. The Kier molecular flexibility index (Phi) is 4.30. The summed E-state index contributed by atoms with van der Waals surface area (Å²) in [6.45, 7) is -1.48. The van der Waals surface area contributed by atoms with Crippen LogP contribution in [0.25, 0.3) is 0 Å². The molecule has 17 heavy (non-hydrogen) atoms. The Balaban J connectivity index is 2.75. The van der Waals surface area contributed by atoms with Crippen molar-refractivity contribution in [2.24, 2.45) is 0 Å². The summed E-state index contributed by atoms with van der Waals surface area (Å²) in [6.07, 6.45) is -4.35. The normalized spacial score (nSPS) is 11.5. The minimum atomic E-state index is -4.35. The van der Waals surface area contributed by atoms with E-state index in [4.69, 9.17) is 11.6 Å². The number of halogens is 4. The van der Waals surface area contributed by atoms with Gasteiger partial charge in [0, 0.05) is 23.2 Å². The third kappa shape index (κ3) is 4.58. The van der Waals surface area contributed by atoms with Crippen LogP contribution in [0.3, 0.4) is 0 Å². The van der Waals surface area contributed by atoms with Gasteiger partial charge in [0.25, 0.3) is 5.69 Å². The molecule has 0 radical (unpaired) electrons. The summed E-state index contributed by atoms with van der Waals surface area (Å²) in [6, 6.07) is 3.74. The van der Waals surface area contributed by atoms with Crippen molar-refractivity contribution in [3.63, 3.8) is 0 Å². The van der Waals surface area contributed by atoms with Gasteiger partial charge in [-0.15, -0.1) is 0 Å². The topological polar surface area (TPSA) is 55.2 Å². The quantitative estimate of drug-likeness (QED) is 0.675. The number of nitro benzene ring substituents is 1. The van der Waals surface area contributed by atoms with Crippen LogP contribution in [-0.4, -0.2) is 17.6 Å². The van der Waals surface area contributed by atoms with Crippen LogP contribution in [0.2, 0.25) is 5.02 Å². The maximum absolute atomic E-state index is 11.9. The van der Waals surface area contributed by atoms with E-state index in [0.717, 1.165) is 6.07 Å². The fourth-order valence-electron chi connectivity index (χ4n) is 1.21. The Bertz CT molecular complexity index is 423. The van der Waals surface area contributed by atoms with E-state index in [0.29, 0.717) is 0 Å². The average molecular weight is 269 g/mol. The lowest BCUT2D eigenvalue weighted by molar-refractivity contribution is -0.385. The standard InChI is InChI=1S/C9H8ClF3N2O2/c10-7-1-2-8(15(16)17)6(3-7)4-14-5-9(11,12)13/h1-3,14H,4-5H2. The van der Waals surface area contributed by atoms with Gasteiger partial charge in [-0.2, -0.15) is 13.2 Å². The molecule has 8 heteroatoms. The third-order valence-electron chi connectivity index (χ3n) is 1.88. The molecule has 0 aliphatic carbocycles. The van der Waals surface area contributed by atoms with Gasteiger partial charge in [-0.1, -0.05) is 11.6 Å². The second-order valence-corrected chi connectivity index (χ2v) is 3.69. The molecule has 4 nitrogen and oxygen atoms in total. The Morgan fingerprint density at radius 2 is 2.06 bits per heavy atom. The predicted octanol–water partition coefficient (Wildman–Crippen LogP) is 2.90. The van der Waals surface area contributed by atoms with Crippen LogP contribution in [0.1, 0.15) is 5.56 Å². The first kappa shape index (κ1) is 13.7. The number of nitrogens with zero attached hydrogens (tertiary/aromatic N) is 1. The number of rotatable bonds is 4. The molecule has 0 spiro atoms. The van der Waals surface area contributed by atoms with Crippen LogP contribution < -0.4 is 5.32 Å². The molecule has 0 aliphatic rings. The van der Waals surface area contributed by atoms with E-state index in [9.17, 15) is 23.3 Å². The fraction of sp³-hybridized carbons (Fsp3) is 0.333. The Labute approximate surface area is 99.5 Å². The summed E-state index contributed by atoms with van der Waals surface area (Å²) in [4.78, 5) is 9.94. The average Bonchev–Trinajstić information content (AvgIpc) is 2.15. The Morgan fingerprint density at radius 3 is 2.59 bits per heavy atom. The minimum Gasteiger partial charge on any atom is -0.304 e. The summed E-state index contributed by atoms with van der Waals surface area (Å²) in [5.41, 5.74) is -0.143. The maximum atomic E-state index is 11.9. The van der Waals surface area contributed by atoms with Crippen molar-refractivity contribution in [1.29, 1.82) is 0 Å². The fourth-order valence-corrected chi connectivity index (χ4v) is 1.41. The van der Waals surface area contributed by atoms with Crippen molar-refractivity contribution in [1.82, 2.24) is 5.32 Å². The lowest BCUT2D eigenvalue weighted by Crippen LogP contribution is -2.28. The molecule has 94 valence electrons. The molecule has 0 heterocycles. The second kappa shape index (κ2) is 5.33. The van der Waals surface area contributed by atoms with E-state index in [1.165, 1.54) is 12.1 Å². The van der Waals surface area contributed by atoms with Crippen molar-refractivity contribution in [2.45, 2.75) is 12.7 Å². The van der Waals surface area contributed by atoms with Gasteiger partial charge in [-0.3, -0.25) is 10.1 Å². The second-order valence-electron chi connectivity index (χ2n) is 3.25. The monoisotopic (exact) mass is 268 g/mol. The number of hydrogen-bond acceptors (Lipinski definition) is 3. The van der Waals surface area contributed by atoms with Crippen LogP contribution >= 0.6 is 11.6 Å². The van der Waals surface area contributed by atoms with Crippen LogP contribution in [0, 0.1) is 10.1 Å². The lowest BCUT2D eigenvalue weighted by Gasteiger charge is -2.08. The highest BCUT2D eigenvalue weighted by Crippen LogP contribution is 2.22. The van der Waals surface area contributed by atoms with Gasteiger partial charge >= 0.3 is 6.18 Å². The summed E-state index contributed by atoms with van der Waals surface area (Å²) in [5, 5.41) is 12.9. The van der Waals surface area contributed by atoms with Crippen molar-refractivity contribution >= 4 is 17.3 Å². The molecule has 0 fully saturated rings. The van der Waals surface area contributed by atoms with E-state index in [1.54, 1.807) is 0 Å². The molecule has 1 N–H and O–H groups in total. The number of nitro groups is 1. The first-order chi connectivity index (χ1) is 7.79. The van der Waals surface area contributed by atoms with Gasteiger partial charge < -0.3 is 5.32 Å². The summed E-state index contributed by atoms with van der Waals surface area (Å²) < 4.78 is 35.6. The molecule has 0 saturated heterocycles. The third-order valence-corrected chi connectivity index (χ3v) is 2.11. The van der Waals surface area contributed by atoms with Gasteiger partial charge in [-0.05, 0) is 12.1 Å². The van der Waals surface area contributed by atoms with Crippen LogP contribution in [-0.2, 0) is 6.54 Å². The molecule has 1 rings (SSSR count). The van der Waals surface area contributed by atoms with E-state index in [2.05, 4.69) is 5.32 Å². The van der Waals surface area contributed by atoms with Gasteiger partial charge in [-0.25, -0.2) is 0 Å². The van der Waals surface area contributed by atoms with Gasteiger partial charge in [0.15, 0.2) is 0 Å². The molecule has 0 aromatic heterocycles. The molecule has 0 saturated carbocycles. The number of nitrogens with one attached hydrogen (secondary N) is 1. The van der Waals surface area contributed by atoms with E-state index in [-0.39, 0.29) is 22.8 Å². The van der Waals surface area contributed by atoms with E-state index in [1.807, 2.05) is 0 Å². The SMILES string of the molecule is O=[N+]([O-])c1ccc(Cl)cc1CNCC(F)(F)F. The number of alkyl halides is 3. The summed E-state index contributed by atoms with van der Waals surface area (Å²) in [5.74, 6) is 0. The highest BCUT2D eigenvalue weighted by Gasteiger charge is 2.26. The van der Waals surface area contributed by atoms with E-state index < -0.39 is 17.6 Å². The highest BCUT2D eigenvalue weighted by molar-refractivity contribution is 6.30. The van der Waals surface area contributed by atoms with Crippen molar-refractivity contribution in [3.05, 3.63) is 38.9 Å². The predicted molar refractivity (Wildman–Crippen MR) is 55.9 cm³/mol. The van der Waals surface area contributed by atoms with Gasteiger partial charge in [0.1, 0.15) is 0 Å². The smallest absolute Gasteiger partial charge is 0.304 e. The largest absolute Gasteiger partial charge is 0.401 e. The van der Waals surface area contributed by atoms with Crippen molar-refractivity contribution in [3.8, 4) is 0 Å². The van der Waals surface area contributed by atoms with Gasteiger partial charge in [0.05, 0.1) is 11.5 Å². The molecule has 0 amide bonds. The molecular weight excluding hydrogens is 261 g/mol. The first-order valence-corrected chi connectivity index (χ1v) is 4.87. The molecule has 0 aliphatic heterocycles. The maximum Gasteiger partial charge on any atom is 0.401 e. The molecule has 0 atom stereocenters. The molecule has 1 aromatic rings. The minimum absolute atomic E-state index is 0.117. The zero-order chi connectivity index (χ0) is 13.1. The summed E-state index contributed by atoms with van der Waals surface area (Å²) in [7, 11) is 0. The first-order valence-electron chi connectivity index (χ1n) is 4.50. The van der Waals surface area contributed by atoms with Gasteiger partial charge in [0.2, 0.25) is 0 Å². The zero-order valence-corrected chi connectivity index (χ0v) is 9.18. The summed E-state index contributed by atoms with van der Waals surface area (Å²) >= 11 is 5.62. The Hall–Kier alpha value is -1.34. The molecule has 0 unspecified atom stereocenters. The van der Waals surface area contributed by atoms with Crippen molar-refractivity contribution in [2.75, 3.05) is 6.54 Å². The molecular formula is C9H8ClF3N2O2. The molecule has 1 aromatic carbocycles.